The van der Waals surface area contributed by atoms with Crippen molar-refractivity contribution in [2.45, 2.75) is 0 Å². The molecular weight excluding hydrogens is 240 g/mol. The number of hydrogen-bond acceptors (Lipinski definition) is 1. The molecule has 88 valence electrons. The highest BCUT2D eigenvalue weighted by atomic mass is 32.1. The molecule has 0 unspecified atom stereocenters. The van der Waals surface area contributed by atoms with Crippen LogP contribution in [0.4, 0.5) is 0 Å². The van der Waals surface area contributed by atoms with Crippen molar-refractivity contribution in [3.05, 3.63) is 71.4 Å². The van der Waals surface area contributed by atoms with Gasteiger partial charge in [0.25, 0.3) is 0 Å². The van der Waals surface area contributed by atoms with Gasteiger partial charge in [-0.2, -0.15) is 0 Å². The summed E-state index contributed by atoms with van der Waals surface area (Å²) in [5.74, 6) is 0. The summed E-state index contributed by atoms with van der Waals surface area (Å²) in [4.78, 5) is 0. The lowest BCUT2D eigenvalue weighted by Gasteiger charge is -2.02. The minimum absolute atomic E-state index is 0.778. The first-order valence-electron chi connectivity index (χ1n) is 5.77. The molecule has 1 heterocycles. The zero-order chi connectivity index (χ0) is 12.4. The molecule has 0 radical (unpaired) electrons. The molecule has 1 aromatic heterocycles. The lowest BCUT2D eigenvalue weighted by Crippen LogP contribution is -1.95. The van der Waals surface area contributed by atoms with Crippen molar-refractivity contribution in [1.29, 1.82) is 0 Å². The van der Waals surface area contributed by atoms with Gasteiger partial charge in [0, 0.05) is 6.07 Å². The smallest absolute Gasteiger partial charge is 0.128 e. The second kappa shape index (κ2) is 4.63. The molecular formula is C15H12N2S. The van der Waals surface area contributed by atoms with E-state index in [1.807, 2.05) is 59.3 Å². The standard InChI is InChI=1S/C15H12N2S/c18-15-11-14(12-7-3-1-4-8-12)16-17(15)13-9-5-2-6-10-13/h1-11,16H. The normalized spacial score (nSPS) is 10.4. The molecule has 0 amide bonds. The van der Waals surface area contributed by atoms with E-state index in [4.69, 9.17) is 12.2 Å². The van der Waals surface area contributed by atoms with Crippen molar-refractivity contribution in [3.63, 3.8) is 0 Å². The Morgan fingerprint density at radius 2 is 1.44 bits per heavy atom. The number of aromatic nitrogens is 2. The van der Waals surface area contributed by atoms with Crippen molar-refractivity contribution < 1.29 is 0 Å². The summed E-state index contributed by atoms with van der Waals surface area (Å²) >= 11 is 5.39. The van der Waals surface area contributed by atoms with Crippen LogP contribution in [0.1, 0.15) is 0 Å². The van der Waals surface area contributed by atoms with Crippen LogP contribution in [0.2, 0.25) is 0 Å². The SMILES string of the molecule is S=c1cc(-c2ccccc2)[nH]n1-c1ccccc1. The van der Waals surface area contributed by atoms with E-state index in [9.17, 15) is 0 Å². The van der Waals surface area contributed by atoms with Crippen LogP contribution in [-0.4, -0.2) is 9.78 Å². The Balaban J connectivity index is 2.10. The summed E-state index contributed by atoms with van der Waals surface area (Å²) in [6.07, 6.45) is 0. The Bertz CT molecular complexity index is 696. The molecule has 2 nitrogen and oxygen atoms in total. The van der Waals surface area contributed by atoms with Crippen LogP contribution in [0.3, 0.4) is 0 Å². The Hall–Kier alpha value is -2.13. The molecule has 3 heteroatoms. The maximum atomic E-state index is 5.39. The summed E-state index contributed by atoms with van der Waals surface area (Å²) in [5, 5.41) is 3.33. The molecule has 0 fully saturated rings. The zero-order valence-electron chi connectivity index (χ0n) is 9.71. The maximum Gasteiger partial charge on any atom is 0.128 e. The topological polar surface area (TPSA) is 20.7 Å². The third kappa shape index (κ3) is 2.00. The number of H-pyrrole nitrogens is 1. The highest BCUT2D eigenvalue weighted by Gasteiger charge is 2.03. The first-order chi connectivity index (χ1) is 8.84. The highest BCUT2D eigenvalue weighted by molar-refractivity contribution is 7.71. The first kappa shape index (κ1) is 11.0. The molecule has 18 heavy (non-hydrogen) atoms. The van der Waals surface area contributed by atoms with Gasteiger partial charge in [-0.25, -0.2) is 4.68 Å². The van der Waals surface area contributed by atoms with E-state index >= 15 is 0 Å². The van der Waals surface area contributed by atoms with E-state index in [0.717, 1.165) is 21.6 Å². The van der Waals surface area contributed by atoms with E-state index in [0.29, 0.717) is 0 Å². The van der Waals surface area contributed by atoms with Crippen molar-refractivity contribution in [2.24, 2.45) is 0 Å². The average molecular weight is 252 g/mol. The van der Waals surface area contributed by atoms with Gasteiger partial charge in [0.2, 0.25) is 0 Å². The Kier molecular flexibility index (Phi) is 2.82. The van der Waals surface area contributed by atoms with Crippen LogP contribution < -0.4 is 0 Å². The molecule has 0 spiro atoms. The molecule has 0 saturated heterocycles. The summed E-state index contributed by atoms with van der Waals surface area (Å²) < 4.78 is 2.69. The zero-order valence-corrected chi connectivity index (χ0v) is 10.5. The lowest BCUT2D eigenvalue weighted by molar-refractivity contribution is 0.873. The largest absolute Gasteiger partial charge is 0.292 e. The number of aromatic amines is 1. The van der Waals surface area contributed by atoms with Crippen molar-refractivity contribution >= 4 is 12.2 Å². The van der Waals surface area contributed by atoms with E-state index in [1.165, 1.54) is 0 Å². The van der Waals surface area contributed by atoms with Crippen molar-refractivity contribution in [2.75, 3.05) is 0 Å². The molecule has 3 rings (SSSR count). The average Bonchev–Trinajstić information content (AvgIpc) is 2.83. The Morgan fingerprint density at radius 3 is 2.11 bits per heavy atom. The van der Waals surface area contributed by atoms with Gasteiger partial charge in [-0.05, 0) is 17.7 Å². The molecule has 2 aromatic carbocycles. The minimum atomic E-state index is 0.778. The van der Waals surface area contributed by atoms with E-state index in [-0.39, 0.29) is 0 Å². The van der Waals surface area contributed by atoms with Crippen molar-refractivity contribution in [3.8, 4) is 16.9 Å². The van der Waals surface area contributed by atoms with Gasteiger partial charge in [-0.3, -0.25) is 5.10 Å². The van der Waals surface area contributed by atoms with E-state index < -0.39 is 0 Å². The predicted molar refractivity (Wildman–Crippen MR) is 76.4 cm³/mol. The third-order valence-electron chi connectivity index (χ3n) is 2.82. The van der Waals surface area contributed by atoms with Gasteiger partial charge >= 0.3 is 0 Å². The molecule has 0 aliphatic rings. The molecule has 1 N–H and O–H groups in total. The monoisotopic (exact) mass is 252 g/mol. The number of rotatable bonds is 2. The number of nitrogens with one attached hydrogen (secondary N) is 1. The van der Waals surface area contributed by atoms with Gasteiger partial charge < -0.3 is 0 Å². The lowest BCUT2D eigenvalue weighted by atomic mass is 10.2. The van der Waals surface area contributed by atoms with Crippen LogP contribution in [0, 0.1) is 4.64 Å². The van der Waals surface area contributed by atoms with Crippen LogP contribution >= 0.6 is 12.2 Å². The molecule has 0 bridgehead atoms. The van der Waals surface area contributed by atoms with Crippen molar-refractivity contribution in [1.82, 2.24) is 9.78 Å². The van der Waals surface area contributed by atoms with Crippen LogP contribution in [0.15, 0.2) is 66.7 Å². The summed E-state index contributed by atoms with van der Waals surface area (Å²) in [6.45, 7) is 0. The predicted octanol–water partition coefficient (Wildman–Crippen LogP) is 4.20. The Morgan fingerprint density at radius 1 is 0.833 bits per heavy atom. The first-order valence-corrected chi connectivity index (χ1v) is 6.18. The van der Waals surface area contributed by atoms with Gasteiger partial charge in [0.15, 0.2) is 0 Å². The third-order valence-corrected chi connectivity index (χ3v) is 3.12. The second-order valence-electron chi connectivity index (χ2n) is 4.05. The van der Waals surface area contributed by atoms with Gasteiger partial charge in [-0.1, -0.05) is 60.7 Å². The number of benzene rings is 2. The quantitative estimate of drug-likeness (QED) is 0.678. The van der Waals surface area contributed by atoms with Crippen LogP contribution in [-0.2, 0) is 0 Å². The number of hydrogen-bond donors (Lipinski definition) is 1. The van der Waals surface area contributed by atoms with Crippen LogP contribution in [0.25, 0.3) is 16.9 Å². The number of nitrogens with zero attached hydrogens (tertiary/aromatic N) is 1. The molecule has 0 aliphatic heterocycles. The van der Waals surface area contributed by atoms with E-state index in [1.54, 1.807) is 0 Å². The maximum absolute atomic E-state index is 5.39. The Labute approximate surface area is 111 Å². The summed E-state index contributed by atoms with van der Waals surface area (Å²) in [6, 6.07) is 22.2. The molecule has 0 atom stereocenters. The fraction of sp³-hybridized carbons (Fsp3) is 0. The highest BCUT2D eigenvalue weighted by Crippen LogP contribution is 2.19. The molecule has 3 aromatic rings. The minimum Gasteiger partial charge on any atom is -0.292 e. The molecule has 0 saturated carbocycles. The molecule has 0 aliphatic carbocycles. The summed E-state index contributed by atoms with van der Waals surface area (Å²) in [5.41, 5.74) is 3.22. The fourth-order valence-electron chi connectivity index (χ4n) is 1.93. The second-order valence-corrected chi connectivity index (χ2v) is 4.46. The van der Waals surface area contributed by atoms with Gasteiger partial charge in [-0.15, -0.1) is 0 Å². The van der Waals surface area contributed by atoms with E-state index in [2.05, 4.69) is 17.2 Å². The fourth-order valence-corrected chi connectivity index (χ4v) is 2.20. The van der Waals surface area contributed by atoms with Gasteiger partial charge in [0.05, 0.1) is 11.4 Å². The van der Waals surface area contributed by atoms with Gasteiger partial charge in [0.1, 0.15) is 4.64 Å². The summed E-state index contributed by atoms with van der Waals surface area (Å²) in [7, 11) is 0. The van der Waals surface area contributed by atoms with Crippen LogP contribution in [0.5, 0.6) is 0 Å². The number of para-hydroxylation sites is 1.